The normalized spacial score (nSPS) is 19.0. The Bertz CT molecular complexity index is 1540. The Labute approximate surface area is 224 Å². The lowest BCUT2D eigenvalue weighted by Gasteiger charge is -2.39. The van der Waals surface area contributed by atoms with E-state index in [-0.39, 0.29) is 17.4 Å². The summed E-state index contributed by atoms with van der Waals surface area (Å²) in [6.07, 6.45) is 2.01. The van der Waals surface area contributed by atoms with E-state index in [1.807, 2.05) is 31.2 Å². The maximum absolute atomic E-state index is 13.5. The fourth-order valence-corrected chi connectivity index (χ4v) is 5.64. The number of hydrogen-bond acceptors (Lipinski definition) is 9. The summed E-state index contributed by atoms with van der Waals surface area (Å²) in [6, 6.07) is 14.1. The molecule has 2 saturated heterocycles. The third-order valence-electron chi connectivity index (χ3n) is 7.72. The number of H-pyrrole nitrogens is 1. The van der Waals surface area contributed by atoms with Gasteiger partial charge in [0, 0.05) is 56.2 Å². The first-order valence-corrected chi connectivity index (χ1v) is 13.2. The zero-order chi connectivity index (χ0) is 26.9. The number of aryl methyl sites for hydroxylation is 1. The van der Waals surface area contributed by atoms with Crippen LogP contribution in [-0.2, 0) is 11.3 Å². The molecule has 39 heavy (non-hydrogen) atoms. The molecule has 4 aromatic rings. The molecule has 0 amide bonds. The molecule has 12 heteroatoms. The fourth-order valence-electron chi connectivity index (χ4n) is 5.64. The highest BCUT2D eigenvalue weighted by atomic mass is 16.6. The highest BCUT2D eigenvalue weighted by Crippen LogP contribution is 2.30. The molecule has 2 fully saturated rings. The number of piperazine rings is 1. The van der Waals surface area contributed by atoms with E-state index in [2.05, 4.69) is 30.3 Å². The second-order valence-electron chi connectivity index (χ2n) is 10.1. The van der Waals surface area contributed by atoms with Gasteiger partial charge in [0.1, 0.15) is 6.04 Å². The average molecular weight is 531 g/mol. The summed E-state index contributed by atoms with van der Waals surface area (Å²) in [7, 11) is 0. The van der Waals surface area contributed by atoms with Gasteiger partial charge in [0.2, 0.25) is 0 Å². The van der Waals surface area contributed by atoms with Crippen molar-refractivity contribution < 1.29 is 9.66 Å². The van der Waals surface area contributed by atoms with Crippen molar-refractivity contribution >= 4 is 22.3 Å². The summed E-state index contributed by atoms with van der Waals surface area (Å²) in [4.78, 5) is 31.7. The molecule has 6 rings (SSSR count). The van der Waals surface area contributed by atoms with Crippen LogP contribution in [0.3, 0.4) is 0 Å². The molecule has 0 aliphatic carbocycles. The number of fused-ring (bicyclic) bond motifs is 1. The molecule has 2 aliphatic heterocycles. The molecule has 4 heterocycles. The molecule has 0 saturated carbocycles. The predicted molar refractivity (Wildman–Crippen MR) is 145 cm³/mol. The Hall–Kier alpha value is -4.16. The number of aromatic nitrogens is 5. The van der Waals surface area contributed by atoms with Gasteiger partial charge in [0.05, 0.1) is 23.1 Å². The molecule has 2 unspecified atom stereocenters. The SMILES string of the molecule is Cc1cccc2cc(C(c3nnnn3CC3CCCO3)N3CCN(c4ccc([N+](=O)[O-])cc4)CC3)c(=O)[nH]c12. The maximum atomic E-state index is 13.5. The molecule has 0 radical (unpaired) electrons. The number of aromatic amines is 1. The topological polar surface area (TPSA) is 135 Å². The van der Waals surface area contributed by atoms with Crippen LogP contribution in [0.25, 0.3) is 10.9 Å². The summed E-state index contributed by atoms with van der Waals surface area (Å²) >= 11 is 0. The third kappa shape index (κ3) is 5.00. The molecule has 2 aromatic heterocycles. The number of nitro benzene ring substituents is 1. The molecule has 0 spiro atoms. The van der Waals surface area contributed by atoms with Crippen molar-refractivity contribution in [2.24, 2.45) is 0 Å². The first-order valence-electron chi connectivity index (χ1n) is 13.2. The van der Waals surface area contributed by atoms with Gasteiger partial charge in [-0.15, -0.1) is 5.10 Å². The highest BCUT2D eigenvalue weighted by Gasteiger charge is 2.33. The van der Waals surface area contributed by atoms with E-state index in [0.29, 0.717) is 44.1 Å². The smallest absolute Gasteiger partial charge is 0.269 e. The van der Waals surface area contributed by atoms with Crippen molar-refractivity contribution in [1.82, 2.24) is 30.1 Å². The molecule has 1 N–H and O–H groups in total. The molecule has 202 valence electrons. The van der Waals surface area contributed by atoms with Crippen LogP contribution in [-0.4, -0.2) is 73.9 Å². The van der Waals surface area contributed by atoms with E-state index >= 15 is 0 Å². The average Bonchev–Trinajstić information content (AvgIpc) is 3.63. The number of para-hydroxylation sites is 1. The van der Waals surface area contributed by atoms with E-state index in [0.717, 1.165) is 41.6 Å². The van der Waals surface area contributed by atoms with Crippen LogP contribution in [0.1, 0.15) is 35.8 Å². The minimum absolute atomic E-state index is 0.0458. The van der Waals surface area contributed by atoms with Gasteiger partial charge in [0.25, 0.3) is 11.2 Å². The number of ether oxygens (including phenoxy) is 1. The summed E-state index contributed by atoms with van der Waals surface area (Å²) in [5, 5.41) is 24.7. The van der Waals surface area contributed by atoms with Crippen LogP contribution < -0.4 is 10.5 Å². The van der Waals surface area contributed by atoms with E-state index in [4.69, 9.17) is 4.74 Å². The number of rotatable bonds is 7. The van der Waals surface area contributed by atoms with E-state index < -0.39 is 11.0 Å². The van der Waals surface area contributed by atoms with Crippen LogP contribution in [0.5, 0.6) is 0 Å². The van der Waals surface area contributed by atoms with Crippen LogP contribution >= 0.6 is 0 Å². The molecule has 2 aliphatic rings. The van der Waals surface area contributed by atoms with Gasteiger partial charge in [-0.2, -0.15) is 0 Å². The Morgan fingerprint density at radius 1 is 1.15 bits per heavy atom. The Balaban J connectivity index is 1.33. The van der Waals surface area contributed by atoms with Gasteiger partial charge >= 0.3 is 0 Å². The molecule has 0 bridgehead atoms. The lowest BCUT2D eigenvalue weighted by molar-refractivity contribution is -0.384. The van der Waals surface area contributed by atoms with Crippen LogP contribution in [0.4, 0.5) is 11.4 Å². The number of anilines is 1. The molecule has 2 aromatic carbocycles. The Morgan fingerprint density at radius 3 is 2.67 bits per heavy atom. The second kappa shape index (κ2) is 10.5. The quantitative estimate of drug-likeness (QED) is 0.283. The Morgan fingerprint density at radius 2 is 1.95 bits per heavy atom. The molecule has 2 atom stereocenters. The summed E-state index contributed by atoms with van der Waals surface area (Å²) in [5.41, 5.74) is 3.27. The lowest BCUT2D eigenvalue weighted by atomic mass is 10.0. The maximum Gasteiger partial charge on any atom is 0.269 e. The summed E-state index contributed by atoms with van der Waals surface area (Å²) in [6.45, 7) is 5.93. The lowest BCUT2D eigenvalue weighted by Crippen LogP contribution is -2.49. The first-order chi connectivity index (χ1) is 19.0. The number of hydrogen-bond donors (Lipinski definition) is 1. The number of non-ortho nitro benzene ring substituents is 1. The fraction of sp³-hybridized carbons (Fsp3) is 0.407. The van der Waals surface area contributed by atoms with Gasteiger partial charge < -0.3 is 14.6 Å². The second-order valence-corrected chi connectivity index (χ2v) is 10.1. The number of nitrogens with one attached hydrogen (secondary N) is 1. The van der Waals surface area contributed by atoms with Gasteiger partial charge in [-0.25, -0.2) is 4.68 Å². The summed E-state index contributed by atoms with van der Waals surface area (Å²) in [5.74, 6) is 0.617. The number of tetrazole rings is 1. The van der Waals surface area contributed by atoms with Crippen molar-refractivity contribution in [2.75, 3.05) is 37.7 Å². The van der Waals surface area contributed by atoms with Crippen LogP contribution in [0.15, 0.2) is 53.3 Å². The van der Waals surface area contributed by atoms with E-state index in [1.165, 1.54) is 12.1 Å². The number of nitro groups is 1. The standard InChI is InChI=1S/C27H30N8O4/c1-18-4-2-5-19-16-23(27(36)28-24(18)19)25(26-29-30-31-34(26)17-22-6-3-15-39-22)33-13-11-32(12-14-33)20-7-9-21(10-8-20)35(37)38/h2,4-5,7-10,16,22,25H,3,6,11-15,17H2,1H3,(H,28,36). The van der Waals surface area contributed by atoms with Gasteiger partial charge in [-0.1, -0.05) is 18.2 Å². The van der Waals surface area contributed by atoms with Gasteiger partial charge in [-0.3, -0.25) is 19.8 Å². The van der Waals surface area contributed by atoms with Gasteiger partial charge in [0.15, 0.2) is 5.82 Å². The zero-order valence-electron chi connectivity index (χ0n) is 21.7. The van der Waals surface area contributed by atoms with Crippen molar-refractivity contribution in [3.63, 3.8) is 0 Å². The monoisotopic (exact) mass is 530 g/mol. The summed E-state index contributed by atoms with van der Waals surface area (Å²) < 4.78 is 7.63. The minimum Gasteiger partial charge on any atom is -0.376 e. The van der Waals surface area contributed by atoms with Crippen molar-refractivity contribution in [1.29, 1.82) is 0 Å². The largest absolute Gasteiger partial charge is 0.376 e. The molecular formula is C27H30N8O4. The zero-order valence-corrected chi connectivity index (χ0v) is 21.7. The number of pyridine rings is 1. The van der Waals surface area contributed by atoms with E-state index in [9.17, 15) is 14.9 Å². The molecular weight excluding hydrogens is 500 g/mol. The number of benzene rings is 2. The predicted octanol–water partition coefficient (Wildman–Crippen LogP) is 2.82. The first kappa shape index (κ1) is 25.1. The van der Waals surface area contributed by atoms with Crippen LogP contribution in [0.2, 0.25) is 0 Å². The van der Waals surface area contributed by atoms with Crippen molar-refractivity contribution in [3.05, 3.63) is 86.0 Å². The minimum atomic E-state index is -0.450. The highest BCUT2D eigenvalue weighted by molar-refractivity contribution is 5.82. The Kier molecular flexibility index (Phi) is 6.79. The van der Waals surface area contributed by atoms with Crippen LogP contribution in [0, 0.1) is 17.0 Å². The van der Waals surface area contributed by atoms with Gasteiger partial charge in [-0.05, 0) is 59.3 Å². The third-order valence-corrected chi connectivity index (χ3v) is 7.72. The van der Waals surface area contributed by atoms with Crippen molar-refractivity contribution in [3.8, 4) is 0 Å². The van der Waals surface area contributed by atoms with Crippen molar-refractivity contribution in [2.45, 2.75) is 38.5 Å². The number of nitrogens with zero attached hydrogens (tertiary/aromatic N) is 7. The van der Waals surface area contributed by atoms with E-state index in [1.54, 1.807) is 16.8 Å². The molecule has 12 nitrogen and oxygen atoms in total.